The van der Waals surface area contributed by atoms with Crippen molar-refractivity contribution >= 4 is 11.6 Å². The second-order valence-corrected chi connectivity index (χ2v) is 3.99. The number of aromatic nitrogens is 1. The van der Waals surface area contributed by atoms with Gasteiger partial charge in [0.1, 0.15) is 5.75 Å². The van der Waals surface area contributed by atoms with Crippen molar-refractivity contribution in [3.8, 4) is 5.75 Å². The zero-order valence-electron chi connectivity index (χ0n) is 10.6. The number of anilines is 1. The molecular weight excluding hydrogens is 242 g/mol. The number of ether oxygens (including phenoxy) is 1. The molecule has 3 N–H and O–H groups in total. The predicted octanol–water partition coefficient (Wildman–Crippen LogP) is 1.60. The van der Waals surface area contributed by atoms with Gasteiger partial charge in [-0.05, 0) is 23.8 Å². The molecule has 19 heavy (non-hydrogen) atoms. The Kier molecular flexibility index (Phi) is 3.97. The molecule has 0 aliphatic carbocycles. The summed E-state index contributed by atoms with van der Waals surface area (Å²) in [7, 11) is 1.61. The third-order valence-electron chi connectivity index (χ3n) is 2.71. The van der Waals surface area contributed by atoms with Crippen molar-refractivity contribution in [2.45, 2.75) is 6.54 Å². The molecule has 5 heteroatoms. The summed E-state index contributed by atoms with van der Waals surface area (Å²) in [4.78, 5) is 15.8. The second kappa shape index (κ2) is 5.86. The maximum Gasteiger partial charge on any atom is 0.255 e. The van der Waals surface area contributed by atoms with Crippen LogP contribution in [0.15, 0.2) is 42.7 Å². The van der Waals surface area contributed by atoms with Crippen LogP contribution in [0.5, 0.6) is 5.75 Å². The summed E-state index contributed by atoms with van der Waals surface area (Å²) in [5.41, 5.74) is 7.50. The molecule has 1 amide bonds. The molecule has 1 heterocycles. The highest BCUT2D eigenvalue weighted by Crippen LogP contribution is 2.12. The minimum Gasteiger partial charge on any atom is -0.497 e. The van der Waals surface area contributed by atoms with Crippen LogP contribution in [0.2, 0.25) is 0 Å². The van der Waals surface area contributed by atoms with Crippen molar-refractivity contribution in [3.63, 3.8) is 0 Å². The van der Waals surface area contributed by atoms with Crippen molar-refractivity contribution in [2.75, 3.05) is 12.8 Å². The molecule has 2 aromatic rings. The number of nitrogens with zero attached hydrogens (tertiary/aromatic N) is 1. The van der Waals surface area contributed by atoms with Crippen LogP contribution in [0.4, 0.5) is 5.69 Å². The van der Waals surface area contributed by atoms with E-state index in [1.807, 2.05) is 24.3 Å². The van der Waals surface area contributed by atoms with E-state index in [-0.39, 0.29) is 5.91 Å². The molecule has 0 saturated carbocycles. The Morgan fingerprint density at radius 2 is 2.05 bits per heavy atom. The summed E-state index contributed by atoms with van der Waals surface area (Å²) in [6.07, 6.45) is 3.01. The van der Waals surface area contributed by atoms with Gasteiger partial charge in [-0.3, -0.25) is 9.78 Å². The topological polar surface area (TPSA) is 77.2 Å². The Bertz CT molecular complexity index is 567. The van der Waals surface area contributed by atoms with E-state index in [9.17, 15) is 4.79 Å². The number of pyridine rings is 1. The zero-order chi connectivity index (χ0) is 13.7. The predicted molar refractivity (Wildman–Crippen MR) is 72.8 cm³/mol. The Balaban J connectivity index is 1.98. The van der Waals surface area contributed by atoms with Gasteiger partial charge in [0.05, 0.1) is 12.7 Å². The van der Waals surface area contributed by atoms with Crippen LogP contribution in [0.3, 0.4) is 0 Å². The molecule has 0 atom stereocenters. The van der Waals surface area contributed by atoms with Crippen LogP contribution in [-0.2, 0) is 6.54 Å². The molecule has 0 saturated heterocycles. The van der Waals surface area contributed by atoms with Gasteiger partial charge in [-0.15, -0.1) is 0 Å². The largest absolute Gasteiger partial charge is 0.497 e. The number of hydrogen-bond acceptors (Lipinski definition) is 4. The molecule has 0 aliphatic heterocycles. The number of amides is 1. The lowest BCUT2D eigenvalue weighted by Crippen LogP contribution is -2.23. The second-order valence-electron chi connectivity index (χ2n) is 3.99. The number of carbonyl (C=O) groups is 1. The maximum atomic E-state index is 11.9. The van der Waals surface area contributed by atoms with Gasteiger partial charge in [0.2, 0.25) is 0 Å². The highest BCUT2D eigenvalue weighted by atomic mass is 16.5. The molecule has 0 bridgehead atoms. The summed E-state index contributed by atoms with van der Waals surface area (Å²) in [5, 5.41) is 2.79. The van der Waals surface area contributed by atoms with E-state index in [0.717, 1.165) is 11.3 Å². The molecule has 2 rings (SSSR count). The van der Waals surface area contributed by atoms with Crippen LogP contribution in [-0.4, -0.2) is 18.0 Å². The fraction of sp³-hybridized carbons (Fsp3) is 0.143. The minimum atomic E-state index is -0.235. The van der Waals surface area contributed by atoms with Crippen LogP contribution in [0.25, 0.3) is 0 Å². The summed E-state index contributed by atoms with van der Waals surface area (Å²) in [5.74, 6) is 0.549. The van der Waals surface area contributed by atoms with Crippen LogP contribution >= 0.6 is 0 Å². The summed E-state index contributed by atoms with van der Waals surface area (Å²) < 4.78 is 5.07. The van der Waals surface area contributed by atoms with Gasteiger partial charge in [0, 0.05) is 24.6 Å². The van der Waals surface area contributed by atoms with Gasteiger partial charge < -0.3 is 15.8 Å². The number of nitrogen functional groups attached to an aromatic ring is 1. The number of carbonyl (C=O) groups excluding carboxylic acids is 1. The monoisotopic (exact) mass is 257 g/mol. The highest BCUT2D eigenvalue weighted by Gasteiger charge is 2.08. The first-order chi connectivity index (χ1) is 9.20. The van der Waals surface area contributed by atoms with Crippen LogP contribution < -0.4 is 15.8 Å². The van der Waals surface area contributed by atoms with Gasteiger partial charge in [-0.2, -0.15) is 0 Å². The maximum absolute atomic E-state index is 11.9. The van der Waals surface area contributed by atoms with Crippen molar-refractivity contribution in [1.29, 1.82) is 0 Å². The number of nitrogens with one attached hydrogen (secondary N) is 1. The normalized spacial score (nSPS) is 9.95. The molecule has 0 spiro atoms. The Morgan fingerprint density at radius 1 is 1.32 bits per heavy atom. The van der Waals surface area contributed by atoms with Gasteiger partial charge >= 0.3 is 0 Å². The lowest BCUT2D eigenvalue weighted by Gasteiger charge is -2.07. The fourth-order valence-electron chi connectivity index (χ4n) is 1.62. The number of nitrogens with two attached hydrogens (primary N) is 1. The number of hydrogen-bond donors (Lipinski definition) is 2. The zero-order valence-corrected chi connectivity index (χ0v) is 10.6. The smallest absolute Gasteiger partial charge is 0.255 e. The van der Waals surface area contributed by atoms with Crippen molar-refractivity contribution < 1.29 is 9.53 Å². The Morgan fingerprint density at radius 3 is 2.68 bits per heavy atom. The van der Waals surface area contributed by atoms with E-state index in [1.54, 1.807) is 19.4 Å². The molecule has 1 aromatic carbocycles. The van der Waals surface area contributed by atoms with E-state index < -0.39 is 0 Å². The quantitative estimate of drug-likeness (QED) is 0.872. The van der Waals surface area contributed by atoms with Crippen molar-refractivity contribution in [2.24, 2.45) is 0 Å². The van der Waals surface area contributed by atoms with Gasteiger partial charge in [-0.1, -0.05) is 12.1 Å². The first kappa shape index (κ1) is 12.9. The van der Waals surface area contributed by atoms with E-state index in [4.69, 9.17) is 10.5 Å². The standard InChI is InChI=1S/C14H15N3O2/c1-19-11-4-2-10(3-5-11)8-17-14(18)12-9-16-7-6-13(12)15/h2-7,9H,8H2,1H3,(H2,15,16)(H,17,18). The number of methoxy groups -OCH3 is 1. The molecular formula is C14H15N3O2. The van der Waals surface area contributed by atoms with Gasteiger partial charge in [0.25, 0.3) is 5.91 Å². The average Bonchev–Trinajstić information content (AvgIpc) is 2.46. The Labute approximate surface area is 111 Å². The molecule has 0 aliphatic rings. The molecule has 98 valence electrons. The third-order valence-corrected chi connectivity index (χ3v) is 2.71. The third kappa shape index (κ3) is 3.22. The summed E-state index contributed by atoms with van der Waals surface area (Å²) in [6, 6.07) is 9.08. The van der Waals surface area contributed by atoms with Gasteiger partial charge in [0.15, 0.2) is 0 Å². The lowest BCUT2D eigenvalue weighted by atomic mass is 10.2. The summed E-state index contributed by atoms with van der Waals surface area (Å²) >= 11 is 0. The number of benzene rings is 1. The van der Waals surface area contributed by atoms with Crippen LogP contribution in [0, 0.1) is 0 Å². The molecule has 5 nitrogen and oxygen atoms in total. The van der Waals surface area contributed by atoms with Gasteiger partial charge in [-0.25, -0.2) is 0 Å². The van der Waals surface area contributed by atoms with Crippen LogP contribution in [0.1, 0.15) is 15.9 Å². The SMILES string of the molecule is COc1ccc(CNC(=O)c2cnccc2N)cc1. The highest BCUT2D eigenvalue weighted by molar-refractivity contribution is 5.98. The van der Waals surface area contributed by atoms with Crippen molar-refractivity contribution in [3.05, 3.63) is 53.9 Å². The van der Waals surface area contributed by atoms with E-state index >= 15 is 0 Å². The lowest BCUT2D eigenvalue weighted by molar-refractivity contribution is 0.0951. The van der Waals surface area contributed by atoms with E-state index in [2.05, 4.69) is 10.3 Å². The Hall–Kier alpha value is -2.56. The van der Waals surface area contributed by atoms with Crippen molar-refractivity contribution in [1.82, 2.24) is 10.3 Å². The fourth-order valence-corrected chi connectivity index (χ4v) is 1.62. The molecule has 0 unspecified atom stereocenters. The van der Waals surface area contributed by atoms with E-state index in [1.165, 1.54) is 6.20 Å². The number of rotatable bonds is 4. The minimum absolute atomic E-state index is 0.235. The summed E-state index contributed by atoms with van der Waals surface area (Å²) in [6.45, 7) is 0.428. The molecule has 1 aromatic heterocycles. The first-order valence-electron chi connectivity index (χ1n) is 5.81. The van der Waals surface area contributed by atoms with E-state index in [0.29, 0.717) is 17.8 Å². The average molecular weight is 257 g/mol. The molecule has 0 fully saturated rings. The molecule has 0 radical (unpaired) electrons. The first-order valence-corrected chi connectivity index (χ1v) is 5.81.